The minimum atomic E-state index is -0.716. The van der Waals surface area contributed by atoms with Crippen molar-refractivity contribution < 1.29 is 24.4 Å². The summed E-state index contributed by atoms with van der Waals surface area (Å²) < 4.78 is 18.9. The van der Waals surface area contributed by atoms with Crippen molar-refractivity contribution in [3.63, 3.8) is 0 Å². The molecule has 1 aromatic rings. The zero-order valence-corrected chi connectivity index (χ0v) is 17.3. The van der Waals surface area contributed by atoms with Gasteiger partial charge in [-0.3, -0.25) is 0 Å². The predicted molar refractivity (Wildman–Crippen MR) is 108 cm³/mol. The lowest BCUT2D eigenvalue weighted by Crippen LogP contribution is -2.55. The van der Waals surface area contributed by atoms with Gasteiger partial charge in [0.05, 0.1) is 31.0 Å². The maximum absolute atomic E-state index is 10.6. The van der Waals surface area contributed by atoms with E-state index < -0.39 is 11.9 Å². The van der Waals surface area contributed by atoms with Gasteiger partial charge in [-0.1, -0.05) is 44.2 Å². The molecule has 0 aliphatic carbocycles. The van der Waals surface area contributed by atoms with Gasteiger partial charge in [-0.2, -0.15) is 0 Å². The Morgan fingerprint density at radius 3 is 2.75 bits per heavy atom. The van der Waals surface area contributed by atoms with Crippen molar-refractivity contribution in [2.45, 2.75) is 95.6 Å². The molecule has 3 rings (SSSR count). The highest BCUT2D eigenvalue weighted by Crippen LogP contribution is 2.42. The van der Waals surface area contributed by atoms with Gasteiger partial charge in [0.2, 0.25) is 0 Å². The van der Waals surface area contributed by atoms with E-state index in [1.165, 1.54) is 5.56 Å². The summed E-state index contributed by atoms with van der Waals surface area (Å²) in [5, 5.41) is 19.9. The van der Waals surface area contributed by atoms with E-state index in [4.69, 9.17) is 14.2 Å². The lowest BCUT2D eigenvalue weighted by atomic mass is 9.84. The zero-order valence-electron chi connectivity index (χ0n) is 17.3. The molecule has 2 N–H and O–H groups in total. The van der Waals surface area contributed by atoms with Crippen molar-refractivity contribution in [3.05, 3.63) is 35.9 Å². The number of rotatable bonds is 8. The average Bonchev–Trinajstić information content (AvgIpc) is 2.70. The van der Waals surface area contributed by atoms with Crippen molar-refractivity contribution in [2.24, 2.45) is 5.92 Å². The Balaban J connectivity index is 1.57. The molecule has 158 valence electrons. The topological polar surface area (TPSA) is 68.2 Å². The van der Waals surface area contributed by atoms with Crippen LogP contribution in [0.15, 0.2) is 30.3 Å². The number of ether oxygens (including phenoxy) is 3. The van der Waals surface area contributed by atoms with Gasteiger partial charge in [0, 0.05) is 25.4 Å². The first-order valence-corrected chi connectivity index (χ1v) is 10.9. The van der Waals surface area contributed by atoms with Gasteiger partial charge >= 0.3 is 0 Å². The Hall–Kier alpha value is -0.980. The number of aliphatic hydroxyl groups excluding tert-OH is 2. The first-order chi connectivity index (χ1) is 13.5. The predicted octanol–water partition coefficient (Wildman–Crippen LogP) is 3.81. The molecule has 1 spiro atoms. The van der Waals surface area contributed by atoms with E-state index in [1.807, 2.05) is 25.1 Å². The van der Waals surface area contributed by atoms with Gasteiger partial charge in [0.25, 0.3) is 0 Å². The summed E-state index contributed by atoms with van der Waals surface area (Å²) in [6.07, 6.45) is 5.23. The summed E-state index contributed by atoms with van der Waals surface area (Å²) in [5.41, 5.74) is 1.18. The van der Waals surface area contributed by atoms with Crippen LogP contribution >= 0.6 is 0 Å². The lowest BCUT2D eigenvalue weighted by molar-refractivity contribution is -0.341. The van der Waals surface area contributed by atoms with Crippen molar-refractivity contribution in [2.75, 3.05) is 6.61 Å². The Morgan fingerprint density at radius 1 is 1.25 bits per heavy atom. The second kappa shape index (κ2) is 10.2. The van der Waals surface area contributed by atoms with E-state index in [2.05, 4.69) is 19.1 Å². The van der Waals surface area contributed by atoms with E-state index in [1.54, 1.807) is 0 Å². The molecule has 5 nitrogen and oxygen atoms in total. The molecule has 1 aromatic carbocycles. The van der Waals surface area contributed by atoms with Gasteiger partial charge in [-0.05, 0) is 37.7 Å². The molecule has 6 atom stereocenters. The number of aliphatic hydroxyl groups is 2. The summed E-state index contributed by atoms with van der Waals surface area (Å²) in [5.74, 6) is -0.703. The fourth-order valence-electron chi connectivity index (χ4n) is 4.49. The molecule has 0 bridgehead atoms. The third kappa shape index (κ3) is 5.55. The van der Waals surface area contributed by atoms with E-state index in [0.29, 0.717) is 19.4 Å². The maximum Gasteiger partial charge on any atom is 0.171 e. The van der Waals surface area contributed by atoms with Crippen molar-refractivity contribution in [1.82, 2.24) is 0 Å². The van der Waals surface area contributed by atoms with Crippen LogP contribution in [0.2, 0.25) is 0 Å². The molecule has 2 saturated heterocycles. The molecule has 0 amide bonds. The normalized spacial score (nSPS) is 34.4. The molecule has 2 heterocycles. The molecule has 5 heteroatoms. The Morgan fingerprint density at radius 2 is 2.04 bits per heavy atom. The first kappa shape index (κ1) is 21.7. The van der Waals surface area contributed by atoms with Crippen LogP contribution in [0.3, 0.4) is 0 Å². The van der Waals surface area contributed by atoms with E-state index in [0.717, 1.165) is 32.1 Å². The Kier molecular flexibility index (Phi) is 7.89. The second-order valence-electron chi connectivity index (χ2n) is 8.40. The minimum Gasteiger partial charge on any atom is -0.396 e. The van der Waals surface area contributed by atoms with E-state index >= 15 is 0 Å². The molecule has 0 saturated carbocycles. The summed E-state index contributed by atoms with van der Waals surface area (Å²) in [6.45, 7) is 4.81. The number of hydrogen-bond acceptors (Lipinski definition) is 5. The molecule has 28 heavy (non-hydrogen) atoms. The molecular weight excluding hydrogens is 356 g/mol. The van der Waals surface area contributed by atoms with Crippen LogP contribution in [0.25, 0.3) is 0 Å². The van der Waals surface area contributed by atoms with Crippen LogP contribution in [0.5, 0.6) is 0 Å². The third-order valence-electron chi connectivity index (χ3n) is 6.27. The van der Waals surface area contributed by atoms with Crippen LogP contribution < -0.4 is 0 Å². The van der Waals surface area contributed by atoms with Gasteiger partial charge in [0.1, 0.15) is 0 Å². The van der Waals surface area contributed by atoms with Crippen molar-refractivity contribution in [3.8, 4) is 0 Å². The largest absolute Gasteiger partial charge is 0.396 e. The van der Waals surface area contributed by atoms with Crippen LogP contribution in [-0.2, 0) is 20.8 Å². The fourth-order valence-corrected chi connectivity index (χ4v) is 4.49. The van der Waals surface area contributed by atoms with Crippen LogP contribution in [0.4, 0.5) is 0 Å². The Labute approximate surface area is 169 Å². The second-order valence-corrected chi connectivity index (χ2v) is 8.40. The highest BCUT2D eigenvalue weighted by molar-refractivity contribution is 5.13. The SMILES string of the molecule is CC[C@H](C[C@H]1CCC[C@@]2(C[C@H](O)[C@H](C)[C@H](CCO)O2)O1)OCc1ccccc1. The van der Waals surface area contributed by atoms with Crippen molar-refractivity contribution in [1.29, 1.82) is 0 Å². The standard InChI is InChI=1S/C23H36O5/c1-3-19(26-16-18-8-5-4-6-9-18)14-20-10-7-12-23(27-20)15-21(25)17(2)22(28-23)11-13-24/h4-6,8-9,17,19-22,24-25H,3,7,10-16H2,1-2H3/t17-,19+,20+,21-,22-,23+/m0/s1. The number of benzene rings is 1. The van der Waals surface area contributed by atoms with Crippen LogP contribution in [-0.4, -0.2) is 47.0 Å². The molecule has 0 unspecified atom stereocenters. The summed E-state index contributed by atoms with van der Waals surface area (Å²) >= 11 is 0. The quantitative estimate of drug-likeness (QED) is 0.704. The molecule has 2 aliphatic rings. The maximum atomic E-state index is 10.6. The highest BCUT2D eigenvalue weighted by Gasteiger charge is 2.48. The highest BCUT2D eigenvalue weighted by atomic mass is 16.7. The summed E-state index contributed by atoms with van der Waals surface area (Å²) in [7, 11) is 0. The van der Waals surface area contributed by atoms with E-state index in [-0.39, 0.29) is 30.8 Å². The van der Waals surface area contributed by atoms with Crippen molar-refractivity contribution >= 4 is 0 Å². The number of hydrogen-bond donors (Lipinski definition) is 2. The van der Waals surface area contributed by atoms with Gasteiger partial charge in [-0.25, -0.2) is 0 Å². The van der Waals surface area contributed by atoms with Crippen LogP contribution in [0.1, 0.15) is 64.4 Å². The lowest BCUT2D eigenvalue weighted by Gasteiger charge is -2.50. The molecule has 0 aromatic heterocycles. The zero-order chi connectivity index (χ0) is 20.0. The fraction of sp³-hybridized carbons (Fsp3) is 0.739. The molecule has 0 radical (unpaired) electrons. The van der Waals surface area contributed by atoms with Crippen LogP contribution in [0, 0.1) is 5.92 Å². The minimum absolute atomic E-state index is 0.0133. The van der Waals surface area contributed by atoms with Gasteiger partial charge < -0.3 is 24.4 Å². The first-order valence-electron chi connectivity index (χ1n) is 10.9. The molecule has 2 fully saturated rings. The summed E-state index contributed by atoms with van der Waals surface area (Å²) in [4.78, 5) is 0. The molecular formula is C23H36O5. The average molecular weight is 393 g/mol. The summed E-state index contributed by atoms with van der Waals surface area (Å²) in [6, 6.07) is 10.2. The molecule has 2 aliphatic heterocycles. The van der Waals surface area contributed by atoms with Gasteiger partial charge in [0.15, 0.2) is 5.79 Å². The Bertz CT molecular complexity index is 580. The third-order valence-corrected chi connectivity index (χ3v) is 6.27. The van der Waals surface area contributed by atoms with E-state index in [9.17, 15) is 10.2 Å². The smallest absolute Gasteiger partial charge is 0.171 e. The monoisotopic (exact) mass is 392 g/mol. The van der Waals surface area contributed by atoms with Gasteiger partial charge in [-0.15, -0.1) is 0 Å².